The number of benzene rings is 1. The van der Waals surface area contributed by atoms with Gasteiger partial charge in [-0.15, -0.1) is 24.0 Å². The van der Waals surface area contributed by atoms with Gasteiger partial charge in [-0.2, -0.15) is 0 Å². The summed E-state index contributed by atoms with van der Waals surface area (Å²) < 4.78 is 20.0. The van der Waals surface area contributed by atoms with Crippen LogP contribution >= 0.6 is 39.9 Å². The maximum absolute atomic E-state index is 13.8. The van der Waals surface area contributed by atoms with Gasteiger partial charge in [-0.25, -0.2) is 4.39 Å². The van der Waals surface area contributed by atoms with E-state index in [9.17, 15) is 4.39 Å². The lowest BCUT2D eigenvalue weighted by Crippen LogP contribution is -2.44. The van der Waals surface area contributed by atoms with Gasteiger partial charge in [0.05, 0.1) is 13.2 Å². The predicted molar refractivity (Wildman–Crippen MR) is 124 cm³/mol. The number of morpholine rings is 1. The number of guanidine groups is 1. The van der Waals surface area contributed by atoms with Crippen LogP contribution in [-0.4, -0.2) is 63.8 Å². The molecule has 1 aliphatic rings. The second-order valence-corrected chi connectivity index (χ2v) is 7.65. The number of nitrogens with one attached hydrogen (secondary N) is 2. The molecule has 27 heavy (non-hydrogen) atoms. The van der Waals surface area contributed by atoms with Crippen LogP contribution < -0.4 is 10.6 Å². The lowest BCUT2D eigenvalue weighted by Gasteiger charge is -2.29. The van der Waals surface area contributed by atoms with Gasteiger partial charge in [0, 0.05) is 44.2 Å². The molecule has 0 bridgehead atoms. The summed E-state index contributed by atoms with van der Waals surface area (Å²) in [6, 6.07) is 5.22. The highest BCUT2D eigenvalue weighted by molar-refractivity contribution is 14.0. The maximum Gasteiger partial charge on any atom is 0.190 e. The van der Waals surface area contributed by atoms with E-state index in [4.69, 9.17) is 4.74 Å². The predicted octanol–water partition coefficient (Wildman–Crippen LogP) is 3.27. The van der Waals surface area contributed by atoms with Crippen LogP contribution in [0.25, 0.3) is 0 Å². The molecule has 1 aromatic carbocycles. The van der Waals surface area contributed by atoms with Crippen molar-refractivity contribution in [1.82, 2.24) is 15.5 Å². The number of halogens is 3. The molecule has 0 saturated carbocycles. The Morgan fingerprint density at radius 3 is 2.74 bits per heavy atom. The summed E-state index contributed by atoms with van der Waals surface area (Å²) >= 11 is 3.28. The number of rotatable bonds is 8. The molecule has 0 radical (unpaired) electrons. The van der Waals surface area contributed by atoms with Gasteiger partial charge >= 0.3 is 0 Å². The number of aryl methyl sites for hydroxylation is 1. The summed E-state index contributed by atoms with van der Waals surface area (Å²) in [5.74, 6) is 1.18. The molecule has 1 saturated heterocycles. The molecule has 1 atom stereocenters. The smallest absolute Gasteiger partial charge is 0.190 e. The van der Waals surface area contributed by atoms with Crippen molar-refractivity contribution >= 4 is 45.9 Å². The second-order valence-electron chi connectivity index (χ2n) is 6.74. The minimum Gasteiger partial charge on any atom is -0.379 e. The monoisotopic (exact) mass is 556 g/mol. The maximum atomic E-state index is 13.8. The van der Waals surface area contributed by atoms with E-state index in [0.29, 0.717) is 12.3 Å². The fourth-order valence-corrected chi connectivity index (χ4v) is 3.32. The number of ether oxygens (including phenoxy) is 1. The van der Waals surface area contributed by atoms with Gasteiger partial charge in [0.1, 0.15) is 5.82 Å². The zero-order valence-electron chi connectivity index (χ0n) is 16.1. The van der Waals surface area contributed by atoms with Crippen molar-refractivity contribution in [2.75, 3.05) is 53.0 Å². The van der Waals surface area contributed by atoms with Crippen LogP contribution in [-0.2, 0) is 11.2 Å². The number of hydrogen-bond donors (Lipinski definition) is 2. The average Bonchev–Trinajstić information content (AvgIpc) is 2.63. The minimum absolute atomic E-state index is 0. The fourth-order valence-electron chi connectivity index (χ4n) is 2.99. The molecule has 1 unspecified atom stereocenters. The molecule has 1 heterocycles. The van der Waals surface area contributed by atoms with Gasteiger partial charge in [-0.1, -0.05) is 28.9 Å². The molecule has 8 heteroatoms. The van der Waals surface area contributed by atoms with Crippen LogP contribution in [0.1, 0.15) is 18.9 Å². The SMILES string of the molecule is CN=C(NCCCc1ccc(Br)cc1F)NCC(C)CN1CCOCC1.I. The van der Waals surface area contributed by atoms with Crippen LogP contribution in [0.3, 0.4) is 0 Å². The first kappa shape index (κ1) is 24.6. The highest BCUT2D eigenvalue weighted by atomic mass is 127. The zero-order valence-corrected chi connectivity index (χ0v) is 20.1. The van der Waals surface area contributed by atoms with Crippen molar-refractivity contribution in [3.63, 3.8) is 0 Å². The van der Waals surface area contributed by atoms with E-state index >= 15 is 0 Å². The Morgan fingerprint density at radius 2 is 2.07 bits per heavy atom. The first-order chi connectivity index (χ1) is 12.6. The minimum atomic E-state index is -0.154. The van der Waals surface area contributed by atoms with Gasteiger partial charge in [0.2, 0.25) is 0 Å². The molecule has 1 aliphatic heterocycles. The molecule has 0 aromatic heterocycles. The Hall–Kier alpha value is -0.450. The molecule has 0 aliphatic carbocycles. The lowest BCUT2D eigenvalue weighted by atomic mass is 10.1. The van der Waals surface area contributed by atoms with Crippen molar-refractivity contribution in [2.45, 2.75) is 19.8 Å². The van der Waals surface area contributed by atoms with Gasteiger partial charge < -0.3 is 15.4 Å². The summed E-state index contributed by atoms with van der Waals surface area (Å²) in [7, 11) is 1.77. The van der Waals surface area contributed by atoms with Gasteiger partial charge in [0.25, 0.3) is 0 Å². The van der Waals surface area contributed by atoms with Gasteiger partial charge in [-0.05, 0) is 36.5 Å². The van der Waals surface area contributed by atoms with Crippen molar-refractivity contribution in [3.05, 3.63) is 34.1 Å². The molecule has 0 spiro atoms. The van der Waals surface area contributed by atoms with Crippen LogP contribution in [0.15, 0.2) is 27.7 Å². The third kappa shape index (κ3) is 9.54. The fraction of sp³-hybridized carbons (Fsp3) is 0.632. The molecule has 1 aromatic rings. The Balaban J connectivity index is 0.00000364. The molecule has 0 amide bonds. The van der Waals surface area contributed by atoms with Crippen LogP contribution in [0.4, 0.5) is 4.39 Å². The van der Waals surface area contributed by atoms with E-state index in [1.54, 1.807) is 7.05 Å². The van der Waals surface area contributed by atoms with Crippen LogP contribution in [0.2, 0.25) is 0 Å². The van der Waals surface area contributed by atoms with Crippen molar-refractivity contribution in [1.29, 1.82) is 0 Å². The summed E-state index contributed by atoms with van der Waals surface area (Å²) in [6.45, 7) is 8.65. The van der Waals surface area contributed by atoms with Gasteiger partial charge in [-0.3, -0.25) is 9.89 Å². The van der Waals surface area contributed by atoms with E-state index < -0.39 is 0 Å². The standard InChI is InChI=1S/C19H30BrFN4O.HI/c1-15(14-25-8-10-26-11-9-25)13-24-19(22-2)23-7-3-4-16-5-6-17(20)12-18(16)21;/h5-6,12,15H,3-4,7-11,13-14H2,1-2H3,(H2,22,23,24);1H. The molecular weight excluding hydrogens is 526 g/mol. The third-order valence-corrected chi connectivity index (χ3v) is 4.94. The molecule has 154 valence electrons. The number of hydrogen-bond acceptors (Lipinski definition) is 3. The van der Waals surface area contributed by atoms with E-state index in [2.05, 4.69) is 43.4 Å². The van der Waals surface area contributed by atoms with E-state index in [1.165, 1.54) is 6.07 Å². The topological polar surface area (TPSA) is 48.9 Å². The van der Waals surface area contributed by atoms with Gasteiger partial charge in [0.15, 0.2) is 5.96 Å². The summed E-state index contributed by atoms with van der Waals surface area (Å²) in [5, 5.41) is 6.68. The quantitative estimate of drug-likeness (QED) is 0.223. The second kappa shape index (κ2) is 13.7. The number of nitrogens with zero attached hydrogens (tertiary/aromatic N) is 2. The summed E-state index contributed by atoms with van der Waals surface area (Å²) in [4.78, 5) is 6.70. The largest absolute Gasteiger partial charge is 0.379 e. The van der Waals surface area contributed by atoms with E-state index in [-0.39, 0.29) is 29.8 Å². The molecule has 1 fully saturated rings. The zero-order chi connectivity index (χ0) is 18.8. The van der Waals surface area contributed by atoms with Crippen LogP contribution in [0, 0.1) is 11.7 Å². The highest BCUT2D eigenvalue weighted by Crippen LogP contribution is 2.16. The first-order valence-electron chi connectivity index (χ1n) is 9.27. The van der Waals surface area contributed by atoms with Crippen molar-refractivity contribution < 1.29 is 9.13 Å². The van der Waals surface area contributed by atoms with Crippen LogP contribution in [0.5, 0.6) is 0 Å². The summed E-state index contributed by atoms with van der Waals surface area (Å²) in [6.07, 6.45) is 1.55. The molecule has 2 N–H and O–H groups in total. The highest BCUT2D eigenvalue weighted by Gasteiger charge is 2.13. The Kier molecular flexibility index (Phi) is 12.5. The summed E-state index contributed by atoms with van der Waals surface area (Å²) in [5.41, 5.74) is 0.747. The van der Waals surface area contributed by atoms with E-state index in [1.807, 2.05) is 12.1 Å². The van der Waals surface area contributed by atoms with E-state index in [0.717, 1.165) is 68.4 Å². The van der Waals surface area contributed by atoms with Crippen molar-refractivity contribution in [3.8, 4) is 0 Å². The molecular formula is C19H31BrFIN4O. The normalized spacial score (nSPS) is 16.5. The third-order valence-electron chi connectivity index (χ3n) is 4.45. The first-order valence-corrected chi connectivity index (χ1v) is 10.1. The Labute approximate surface area is 187 Å². The Bertz CT molecular complexity index is 585. The Morgan fingerprint density at radius 1 is 1.33 bits per heavy atom. The van der Waals surface area contributed by atoms with Crippen molar-refractivity contribution in [2.24, 2.45) is 10.9 Å². The molecule has 2 rings (SSSR count). The number of aliphatic imine (C=N–C) groups is 1. The average molecular weight is 557 g/mol. The lowest BCUT2D eigenvalue weighted by molar-refractivity contribution is 0.0320. The molecule has 5 nitrogen and oxygen atoms in total.